The van der Waals surface area contributed by atoms with E-state index in [0.717, 1.165) is 30.4 Å². The summed E-state index contributed by atoms with van der Waals surface area (Å²) in [6, 6.07) is 14.4. The molecule has 0 aliphatic carbocycles. The predicted molar refractivity (Wildman–Crippen MR) is 137 cm³/mol. The topological polar surface area (TPSA) is 61.8 Å². The highest BCUT2D eigenvalue weighted by Crippen LogP contribution is 2.26. The lowest BCUT2D eigenvalue weighted by molar-refractivity contribution is -0.134. The molecule has 2 aromatic rings. The van der Waals surface area contributed by atoms with E-state index >= 15 is 0 Å². The Morgan fingerprint density at radius 1 is 0.765 bits per heavy atom. The van der Waals surface area contributed by atoms with E-state index in [1.165, 1.54) is 32.1 Å². The zero-order valence-corrected chi connectivity index (χ0v) is 21.3. The standard InChI is InChI=1S/C28H37ClO5/c1-4-6-7-8-9-10-11-20-32-28(31)34-25-18-14-23(15-19-25)22-12-16-24(17-13-22)33-27(30)26(29)21(3)5-2/h12-19,21,26H,4-11,20H2,1-3H3. The first kappa shape index (κ1) is 27.7. The second-order valence-electron chi connectivity index (χ2n) is 8.58. The molecule has 0 N–H and O–H groups in total. The predicted octanol–water partition coefficient (Wildman–Crippen LogP) is 8.18. The van der Waals surface area contributed by atoms with Gasteiger partial charge in [-0.3, -0.25) is 4.79 Å². The normalized spacial score (nSPS) is 12.6. The Balaban J connectivity index is 1.76. The van der Waals surface area contributed by atoms with Crippen LogP contribution in [0, 0.1) is 5.92 Å². The first-order chi connectivity index (χ1) is 16.4. The smallest absolute Gasteiger partial charge is 0.434 e. The van der Waals surface area contributed by atoms with Gasteiger partial charge in [0.2, 0.25) is 0 Å². The van der Waals surface area contributed by atoms with Gasteiger partial charge in [0.25, 0.3) is 0 Å². The molecule has 0 bridgehead atoms. The van der Waals surface area contributed by atoms with Crippen molar-refractivity contribution in [3.05, 3.63) is 48.5 Å². The van der Waals surface area contributed by atoms with E-state index in [2.05, 4.69) is 6.92 Å². The summed E-state index contributed by atoms with van der Waals surface area (Å²) in [5.41, 5.74) is 1.88. The number of hydrogen-bond acceptors (Lipinski definition) is 5. The number of carbonyl (C=O) groups is 2. The molecule has 2 unspecified atom stereocenters. The monoisotopic (exact) mass is 488 g/mol. The third kappa shape index (κ3) is 9.76. The van der Waals surface area contributed by atoms with Gasteiger partial charge in [0.05, 0.1) is 6.61 Å². The summed E-state index contributed by atoms with van der Waals surface area (Å²) in [5, 5.41) is -0.667. The summed E-state index contributed by atoms with van der Waals surface area (Å²) in [4.78, 5) is 24.0. The molecule has 186 valence electrons. The first-order valence-electron chi connectivity index (χ1n) is 12.4. The van der Waals surface area contributed by atoms with Crippen molar-refractivity contribution in [2.75, 3.05) is 6.61 Å². The van der Waals surface area contributed by atoms with E-state index in [-0.39, 0.29) is 5.92 Å². The average Bonchev–Trinajstić information content (AvgIpc) is 2.85. The van der Waals surface area contributed by atoms with Crippen molar-refractivity contribution < 1.29 is 23.8 Å². The molecule has 34 heavy (non-hydrogen) atoms. The molecular weight excluding hydrogens is 452 g/mol. The Morgan fingerprint density at radius 3 is 1.79 bits per heavy atom. The maximum Gasteiger partial charge on any atom is 0.513 e. The van der Waals surface area contributed by atoms with Gasteiger partial charge in [-0.25, -0.2) is 4.79 Å². The molecule has 0 amide bonds. The Hall–Kier alpha value is -2.53. The van der Waals surface area contributed by atoms with Crippen LogP contribution in [0.25, 0.3) is 11.1 Å². The number of carbonyl (C=O) groups excluding carboxylic acids is 2. The van der Waals surface area contributed by atoms with Gasteiger partial charge in [-0.15, -0.1) is 11.6 Å². The van der Waals surface area contributed by atoms with Crippen molar-refractivity contribution in [2.24, 2.45) is 5.92 Å². The van der Waals surface area contributed by atoms with Gasteiger partial charge in [-0.1, -0.05) is 90.0 Å². The van der Waals surface area contributed by atoms with Crippen LogP contribution in [0.1, 0.15) is 72.1 Å². The van der Waals surface area contributed by atoms with Crippen molar-refractivity contribution in [1.82, 2.24) is 0 Å². The van der Waals surface area contributed by atoms with Crippen LogP contribution in [0.4, 0.5) is 4.79 Å². The minimum absolute atomic E-state index is 0.0479. The van der Waals surface area contributed by atoms with Crippen LogP contribution in [-0.4, -0.2) is 24.1 Å². The van der Waals surface area contributed by atoms with E-state index in [1.807, 2.05) is 38.1 Å². The molecule has 0 aliphatic rings. The molecule has 2 atom stereocenters. The van der Waals surface area contributed by atoms with Gasteiger partial charge >= 0.3 is 12.1 Å². The molecule has 0 aromatic heterocycles. The van der Waals surface area contributed by atoms with Crippen LogP contribution in [0.2, 0.25) is 0 Å². The molecule has 2 aromatic carbocycles. The Bertz CT molecular complexity index is 863. The Kier molecular flexibility index (Phi) is 12.5. The van der Waals surface area contributed by atoms with Crippen LogP contribution in [0.15, 0.2) is 48.5 Å². The fraction of sp³-hybridized carbons (Fsp3) is 0.500. The van der Waals surface area contributed by atoms with Gasteiger partial charge in [-0.05, 0) is 47.7 Å². The fourth-order valence-electron chi connectivity index (χ4n) is 3.38. The molecular formula is C28H37ClO5. The number of alkyl halides is 1. The maximum atomic E-state index is 12.1. The lowest BCUT2D eigenvalue weighted by Crippen LogP contribution is -2.26. The third-order valence-electron chi connectivity index (χ3n) is 5.80. The highest BCUT2D eigenvalue weighted by atomic mass is 35.5. The summed E-state index contributed by atoms with van der Waals surface area (Å²) in [6.45, 7) is 6.49. The largest absolute Gasteiger partial charge is 0.513 e. The highest BCUT2D eigenvalue weighted by Gasteiger charge is 2.23. The molecule has 0 radical (unpaired) electrons. The number of rotatable bonds is 14. The quantitative estimate of drug-likeness (QED) is 0.0881. The van der Waals surface area contributed by atoms with Crippen LogP contribution in [0.3, 0.4) is 0 Å². The summed E-state index contributed by atoms with van der Waals surface area (Å²) in [6.07, 6.45) is 8.27. The lowest BCUT2D eigenvalue weighted by atomic mass is 10.0. The van der Waals surface area contributed by atoms with E-state index in [0.29, 0.717) is 18.1 Å². The Morgan fingerprint density at radius 2 is 1.26 bits per heavy atom. The van der Waals surface area contributed by atoms with Crippen LogP contribution in [0.5, 0.6) is 11.5 Å². The molecule has 0 saturated heterocycles. The SMILES string of the molecule is CCCCCCCCCOC(=O)Oc1ccc(-c2ccc(OC(=O)C(Cl)C(C)CC)cc2)cc1. The summed E-state index contributed by atoms with van der Waals surface area (Å²) in [5.74, 6) is 0.485. The second-order valence-corrected chi connectivity index (χ2v) is 9.05. The molecule has 0 heterocycles. The molecule has 0 spiro atoms. The molecule has 0 fully saturated rings. The number of ether oxygens (including phenoxy) is 3. The minimum atomic E-state index is -0.681. The maximum absolute atomic E-state index is 12.1. The van der Waals surface area contributed by atoms with Crippen molar-refractivity contribution in [3.63, 3.8) is 0 Å². The van der Waals surface area contributed by atoms with Crippen LogP contribution in [-0.2, 0) is 9.53 Å². The zero-order chi connectivity index (χ0) is 24.8. The van der Waals surface area contributed by atoms with Gasteiger partial charge in [0.15, 0.2) is 0 Å². The number of hydrogen-bond donors (Lipinski definition) is 0. The van der Waals surface area contributed by atoms with Gasteiger partial charge in [0.1, 0.15) is 16.9 Å². The van der Waals surface area contributed by atoms with Crippen molar-refractivity contribution in [3.8, 4) is 22.6 Å². The second kappa shape index (κ2) is 15.4. The van der Waals surface area contributed by atoms with Crippen molar-refractivity contribution >= 4 is 23.7 Å². The van der Waals surface area contributed by atoms with Crippen LogP contribution >= 0.6 is 11.6 Å². The third-order valence-corrected chi connectivity index (χ3v) is 6.41. The van der Waals surface area contributed by atoms with E-state index in [9.17, 15) is 9.59 Å². The number of unbranched alkanes of at least 4 members (excludes halogenated alkanes) is 6. The Labute approximate surface area is 208 Å². The van der Waals surface area contributed by atoms with Crippen molar-refractivity contribution in [2.45, 2.75) is 77.5 Å². The molecule has 0 saturated carbocycles. The molecule has 0 aliphatic heterocycles. The zero-order valence-electron chi connectivity index (χ0n) is 20.6. The van der Waals surface area contributed by atoms with Gasteiger partial charge < -0.3 is 14.2 Å². The van der Waals surface area contributed by atoms with E-state index in [1.54, 1.807) is 24.3 Å². The molecule has 5 nitrogen and oxygen atoms in total. The number of halogens is 1. The van der Waals surface area contributed by atoms with Crippen LogP contribution < -0.4 is 9.47 Å². The minimum Gasteiger partial charge on any atom is -0.434 e. The first-order valence-corrected chi connectivity index (χ1v) is 12.8. The lowest BCUT2D eigenvalue weighted by Gasteiger charge is -2.15. The summed E-state index contributed by atoms with van der Waals surface area (Å²) < 4.78 is 15.8. The van der Waals surface area contributed by atoms with Crippen molar-refractivity contribution in [1.29, 1.82) is 0 Å². The highest BCUT2D eigenvalue weighted by molar-refractivity contribution is 6.30. The van der Waals surface area contributed by atoms with E-state index < -0.39 is 17.5 Å². The summed E-state index contributed by atoms with van der Waals surface area (Å²) in [7, 11) is 0. The van der Waals surface area contributed by atoms with Gasteiger partial charge in [-0.2, -0.15) is 0 Å². The average molecular weight is 489 g/mol. The van der Waals surface area contributed by atoms with Gasteiger partial charge in [0, 0.05) is 0 Å². The summed E-state index contributed by atoms with van der Waals surface area (Å²) >= 11 is 6.15. The number of esters is 1. The van der Waals surface area contributed by atoms with E-state index in [4.69, 9.17) is 25.8 Å². The number of benzene rings is 2. The fourth-order valence-corrected chi connectivity index (χ4v) is 3.61. The molecule has 6 heteroatoms. The molecule has 2 rings (SSSR count).